The fourth-order valence-corrected chi connectivity index (χ4v) is 1.50. The van der Waals surface area contributed by atoms with Crippen LogP contribution < -0.4 is 0 Å². The lowest BCUT2D eigenvalue weighted by molar-refractivity contribution is 0.177. The summed E-state index contributed by atoms with van der Waals surface area (Å²) >= 11 is 0. The van der Waals surface area contributed by atoms with Gasteiger partial charge in [-0.05, 0) is 31.8 Å². The summed E-state index contributed by atoms with van der Waals surface area (Å²) in [4.78, 5) is 0. The number of nitrogens with zero attached hydrogens (tertiary/aromatic N) is 1. The zero-order chi connectivity index (χ0) is 8.27. The Morgan fingerprint density at radius 3 is 2.91 bits per heavy atom. The maximum absolute atomic E-state index is 9.46. The standard InChI is InChI=1S/C9H13NO/c1-7(6-10)8-4-2-3-5-9(8)11/h9,11H,2-5H2,1H3/b8-7+. The molecule has 2 nitrogen and oxygen atoms in total. The van der Waals surface area contributed by atoms with Crippen molar-refractivity contribution >= 4 is 0 Å². The lowest BCUT2D eigenvalue weighted by Crippen LogP contribution is -2.16. The van der Waals surface area contributed by atoms with Crippen molar-refractivity contribution in [3.8, 4) is 6.07 Å². The third kappa shape index (κ3) is 1.81. The molecule has 1 rings (SSSR count). The molecular formula is C9H13NO. The molecule has 0 radical (unpaired) electrons. The summed E-state index contributed by atoms with van der Waals surface area (Å²) in [5, 5.41) is 18.0. The molecule has 0 aliphatic heterocycles. The quantitative estimate of drug-likeness (QED) is 0.536. The molecule has 0 spiro atoms. The lowest BCUT2D eigenvalue weighted by atomic mass is 9.89. The molecule has 1 aliphatic carbocycles. The molecule has 1 aliphatic rings. The van der Waals surface area contributed by atoms with Gasteiger partial charge in [-0.1, -0.05) is 6.42 Å². The van der Waals surface area contributed by atoms with Crippen LogP contribution in [0.3, 0.4) is 0 Å². The summed E-state index contributed by atoms with van der Waals surface area (Å²) in [5.41, 5.74) is 1.66. The SMILES string of the molecule is C/C(C#N)=C1/CCCCC1O. The Labute approximate surface area is 67.2 Å². The number of rotatable bonds is 0. The maximum Gasteiger partial charge on any atom is 0.0944 e. The zero-order valence-electron chi connectivity index (χ0n) is 6.80. The van der Waals surface area contributed by atoms with E-state index >= 15 is 0 Å². The maximum atomic E-state index is 9.46. The van der Waals surface area contributed by atoms with Gasteiger partial charge in [-0.3, -0.25) is 0 Å². The molecule has 11 heavy (non-hydrogen) atoms. The van der Waals surface area contributed by atoms with Gasteiger partial charge in [0.2, 0.25) is 0 Å². The Morgan fingerprint density at radius 2 is 2.36 bits per heavy atom. The molecule has 1 saturated carbocycles. The fraction of sp³-hybridized carbons (Fsp3) is 0.667. The van der Waals surface area contributed by atoms with Gasteiger partial charge in [-0.15, -0.1) is 0 Å². The van der Waals surface area contributed by atoms with Crippen LogP contribution in [0.15, 0.2) is 11.1 Å². The number of aliphatic hydroxyl groups is 1. The average Bonchev–Trinajstić information content (AvgIpc) is 2.04. The molecule has 60 valence electrons. The summed E-state index contributed by atoms with van der Waals surface area (Å²) in [6, 6.07) is 2.08. The van der Waals surface area contributed by atoms with Crippen molar-refractivity contribution in [1.29, 1.82) is 5.26 Å². The van der Waals surface area contributed by atoms with Crippen LogP contribution in [0.1, 0.15) is 32.6 Å². The van der Waals surface area contributed by atoms with Gasteiger partial charge in [0.25, 0.3) is 0 Å². The molecule has 1 N–H and O–H groups in total. The summed E-state index contributed by atoms with van der Waals surface area (Å²) in [7, 11) is 0. The first-order valence-corrected chi connectivity index (χ1v) is 4.03. The van der Waals surface area contributed by atoms with Crippen molar-refractivity contribution in [2.24, 2.45) is 0 Å². The van der Waals surface area contributed by atoms with Crippen molar-refractivity contribution in [2.75, 3.05) is 0 Å². The minimum absolute atomic E-state index is 0.344. The highest BCUT2D eigenvalue weighted by atomic mass is 16.3. The molecule has 0 saturated heterocycles. The van der Waals surface area contributed by atoms with Crippen molar-refractivity contribution in [1.82, 2.24) is 0 Å². The molecule has 0 aromatic rings. The fourth-order valence-electron chi connectivity index (χ4n) is 1.50. The Bertz CT molecular complexity index is 212. The van der Waals surface area contributed by atoms with Gasteiger partial charge in [0.1, 0.15) is 0 Å². The second-order valence-electron chi connectivity index (χ2n) is 3.02. The van der Waals surface area contributed by atoms with E-state index in [4.69, 9.17) is 5.26 Å². The van der Waals surface area contributed by atoms with E-state index in [-0.39, 0.29) is 6.10 Å². The average molecular weight is 151 g/mol. The summed E-state index contributed by atoms with van der Waals surface area (Å²) in [5.74, 6) is 0. The summed E-state index contributed by atoms with van der Waals surface area (Å²) in [6.07, 6.45) is 3.59. The number of allylic oxidation sites excluding steroid dienone is 1. The smallest absolute Gasteiger partial charge is 0.0944 e. The molecule has 2 heteroatoms. The monoisotopic (exact) mass is 151 g/mol. The first-order valence-electron chi connectivity index (χ1n) is 4.03. The van der Waals surface area contributed by atoms with E-state index in [1.54, 1.807) is 6.92 Å². The first kappa shape index (κ1) is 8.29. The topological polar surface area (TPSA) is 44.0 Å². The third-order valence-corrected chi connectivity index (χ3v) is 2.23. The highest BCUT2D eigenvalue weighted by Crippen LogP contribution is 2.25. The summed E-state index contributed by atoms with van der Waals surface area (Å²) in [6.45, 7) is 1.78. The number of nitriles is 1. The van der Waals surface area contributed by atoms with Crippen molar-refractivity contribution in [2.45, 2.75) is 38.7 Å². The van der Waals surface area contributed by atoms with Crippen molar-refractivity contribution in [3.63, 3.8) is 0 Å². The second-order valence-corrected chi connectivity index (χ2v) is 3.02. The summed E-state index contributed by atoms with van der Waals surface area (Å²) < 4.78 is 0. The predicted octanol–water partition coefficient (Wildman–Crippen LogP) is 1.76. The number of hydrogen-bond acceptors (Lipinski definition) is 2. The minimum atomic E-state index is -0.344. The van der Waals surface area contributed by atoms with Crippen LogP contribution in [0.4, 0.5) is 0 Å². The van der Waals surface area contributed by atoms with Crippen molar-refractivity contribution < 1.29 is 5.11 Å². The number of aliphatic hydroxyl groups excluding tert-OH is 1. The van der Waals surface area contributed by atoms with E-state index in [1.165, 1.54) is 0 Å². The van der Waals surface area contributed by atoms with Crippen LogP contribution in [0.25, 0.3) is 0 Å². The van der Waals surface area contributed by atoms with E-state index in [2.05, 4.69) is 6.07 Å². The molecule has 0 heterocycles. The minimum Gasteiger partial charge on any atom is -0.389 e. The van der Waals surface area contributed by atoms with Gasteiger partial charge in [0, 0.05) is 5.57 Å². The first-order chi connectivity index (χ1) is 5.25. The molecular weight excluding hydrogens is 138 g/mol. The molecule has 0 aromatic carbocycles. The van der Waals surface area contributed by atoms with E-state index in [0.717, 1.165) is 31.3 Å². The van der Waals surface area contributed by atoms with Crippen LogP contribution in [0.5, 0.6) is 0 Å². The van der Waals surface area contributed by atoms with Crippen LogP contribution in [-0.2, 0) is 0 Å². The van der Waals surface area contributed by atoms with Crippen LogP contribution in [0, 0.1) is 11.3 Å². The Balaban J connectivity index is 2.77. The zero-order valence-corrected chi connectivity index (χ0v) is 6.80. The van der Waals surface area contributed by atoms with Crippen LogP contribution in [0.2, 0.25) is 0 Å². The van der Waals surface area contributed by atoms with Crippen LogP contribution in [-0.4, -0.2) is 11.2 Å². The van der Waals surface area contributed by atoms with E-state index in [9.17, 15) is 5.11 Å². The molecule has 1 fully saturated rings. The number of hydrogen-bond donors (Lipinski definition) is 1. The highest BCUT2D eigenvalue weighted by Gasteiger charge is 2.17. The highest BCUT2D eigenvalue weighted by molar-refractivity contribution is 5.28. The molecule has 0 aromatic heterocycles. The normalized spacial score (nSPS) is 29.4. The van der Waals surface area contributed by atoms with Gasteiger partial charge in [-0.25, -0.2) is 0 Å². The van der Waals surface area contributed by atoms with Crippen molar-refractivity contribution in [3.05, 3.63) is 11.1 Å². The molecule has 0 amide bonds. The van der Waals surface area contributed by atoms with Gasteiger partial charge < -0.3 is 5.11 Å². The van der Waals surface area contributed by atoms with E-state index < -0.39 is 0 Å². The Morgan fingerprint density at radius 1 is 1.64 bits per heavy atom. The second kappa shape index (κ2) is 3.54. The van der Waals surface area contributed by atoms with E-state index in [1.807, 2.05) is 0 Å². The third-order valence-electron chi connectivity index (χ3n) is 2.23. The Kier molecular flexibility index (Phi) is 2.67. The van der Waals surface area contributed by atoms with Gasteiger partial charge >= 0.3 is 0 Å². The predicted molar refractivity (Wildman–Crippen MR) is 42.8 cm³/mol. The Hall–Kier alpha value is -0.810. The molecule has 1 atom stereocenters. The lowest BCUT2D eigenvalue weighted by Gasteiger charge is -2.20. The largest absolute Gasteiger partial charge is 0.389 e. The van der Waals surface area contributed by atoms with Gasteiger partial charge in [-0.2, -0.15) is 5.26 Å². The van der Waals surface area contributed by atoms with Gasteiger partial charge in [0.15, 0.2) is 0 Å². The van der Waals surface area contributed by atoms with Gasteiger partial charge in [0.05, 0.1) is 12.2 Å². The molecule has 1 unspecified atom stereocenters. The van der Waals surface area contributed by atoms with Crippen LogP contribution >= 0.6 is 0 Å². The molecule has 0 bridgehead atoms. The van der Waals surface area contributed by atoms with E-state index in [0.29, 0.717) is 5.57 Å².